The number of carbonyl (C=O) groups is 1. The SMILES string of the molecule is CCCCCCCC1CCCC(C)N1C(=O)OC(C)(C)C. The van der Waals surface area contributed by atoms with Crippen LogP contribution >= 0.6 is 0 Å². The minimum Gasteiger partial charge on any atom is -0.444 e. The average Bonchev–Trinajstić information content (AvgIpc) is 2.36. The Kier molecular flexibility index (Phi) is 7.55. The molecule has 1 amide bonds. The summed E-state index contributed by atoms with van der Waals surface area (Å²) < 4.78 is 5.61. The van der Waals surface area contributed by atoms with E-state index in [1.807, 2.05) is 25.7 Å². The second kappa shape index (κ2) is 8.65. The maximum atomic E-state index is 12.5. The van der Waals surface area contributed by atoms with Crippen molar-refractivity contribution >= 4 is 6.09 Å². The summed E-state index contributed by atoms with van der Waals surface area (Å²) >= 11 is 0. The molecule has 0 bridgehead atoms. The summed E-state index contributed by atoms with van der Waals surface area (Å²) in [6, 6.07) is 0.694. The maximum absolute atomic E-state index is 12.5. The topological polar surface area (TPSA) is 29.5 Å². The molecular formula is C18H35NO2. The van der Waals surface area contributed by atoms with E-state index < -0.39 is 5.60 Å². The van der Waals surface area contributed by atoms with Crippen LogP contribution in [0.25, 0.3) is 0 Å². The van der Waals surface area contributed by atoms with Crippen molar-refractivity contribution in [3.63, 3.8) is 0 Å². The molecule has 124 valence electrons. The zero-order valence-corrected chi connectivity index (χ0v) is 14.8. The van der Waals surface area contributed by atoms with Crippen molar-refractivity contribution < 1.29 is 9.53 Å². The standard InChI is InChI=1S/C18H35NO2/c1-6-7-8-9-10-13-16-14-11-12-15(2)19(16)17(20)21-18(3,4)5/h15-16H,6-14H2,1-5H3. The molecule has 0 aromatic heterocycles. The number of carbonyl (C=O) groups excluding carboxylic acids is 1. The predicted molar refractivity (Wildman–Crippen MR) is 88.6 cm³/mol. The molecule has 0 aromatic rings. The van der Waals surface area contributed by atoms with E-state index in [4.69, 9.17) is 4.74 Å². The lowest BCUT2D eigenvalue weighted by atomic mass is 9.93. The number of ether oxygens (including phenoxy) is 1. The first-order valence-electron chi connectivity index (χ1n) is 8.86. The van der Waals surface area contributed by atoms with E-state index in [9.17, 15) is 4.79 Å². The molecule has 21 heavy (non-hydrogen) atoms. The van der Waals surface area contributed by atoms with Gasteiger partial charge in [-0.3, -0.25) is 0 Å². The van der Waals surface area contributed by atoms with Gasteiger partial charge in [-0.25, -0.2) is 4.79 Å². The molecule has 2 unspecified atom stereocenters. The van der Waals surface area contributed by atoms with Gasteiger partial charge in [-0.1, -0.05) is 39.0 Å². The van der Waals surface area contributed by atoms with Crippen molar-refractivity contribution in [2.24, 2.45) is 0 Å². The van der Waals surface area contributed by atoms with Crippen LogP contribution in [0.2, 0.25) is 0 Å². The second-order valence-corrected chi connectivity index (χ2v) is 7.52. The first-order valence-corrected chi connectivity index (χ1v) is 8.86. The van der Waals surface area contributed by atoms with E-state index in [1.165, 1.54) is 38.5 Å². The smallest absolute Gasteiger partial charge is 0.410 e. The lowest BCUT2D eigenvalue weighted by Gasteiger charge is -2.41. The molecule has 1 rings (SSSR count). The number of nitrogens with zero attached hydrogens (tertiary/aromatic N) is 1. The van der Waals surface area contributed by atoms with Gasteiger partial charge in [-0.05, 0) is 53.4 Å². The van der Waals surface area contributed by atoms with Crippen molar-refractivity contribution in [3.8, 4) is 0 Å². The third-order valence-electron chi connectivity index (χ3n) is 4.27. The molecule has 0 N–H and O–H groups in total. The van der Waals surface area contributed by atoms with Crippen LogP contribution in [0.5, 0.6) is 0 Å². The van der Waals surface area contributed by atoms with Crippen LogP contribution in [0.1, 0.15) is 92.4 Å². The van der Waals surface area contributed by atoms with E-state index in [0.717, 1.165) is 19.3 Å². The van der Waals surface area contributed by atoms with Gasteiger partial charge in [0.15, 0.2) is 0 Å². The van der Waals surface area contributed by atoms with Gasteiger partial charge in [-0.2, -0.15) is 0 Å². The molecule has 3 heteroatoms. The molecule has 1 saturated heterocycles. The van der Waals surface area contributed by atoms with Crippen LogP contribution in [0.3, 0.4) is 0 Å². The van der Waals surface area contributed by atoms with Gasteiger partial charge >= 0.3 is 6.09 Å². The highest BCUT2D eigenvalue weighted by atomic mass is 16.6. The van der Waals surface area contributed by atoms with E-state index in [-0.39, 0.29) is 6.09 Å². The fraction of sp³-hybridized carbons (Fsp3) is 0.944. The Morgan fingerprint density at radius 3 is 2.43 bits per heavy atom. The van der Waals surface area contributed by atoms with Gasteiger partial charge in [0, 0.05) is 12.1 Å². The minimum absolute atomic E-state index is 0.117. The number of unbranched alkanes of at least 4 members (excludes halogenated alkanes) is 4. The van der Waals surface area contributed by atoms with Crippen LogP contribution in [0, 0.1) is 0 Å². The van der Waals surface area contributed by atoms with Crippen molar-refractivity contribution in [1.82, 2.24) is 4.90 Å². The third-order valence-corrected chi connectivity index (χ3v) is 4.27. The van der Waals surface area contributed by atoms with Crippen LogP contribution in [-0.2, 0) is 4.74 Å². The second-order valence-electron chi connectivity index (χ2n) is 7.52. The number of rotatable bonds is 6. The molecule has 3 nitrogen and oxygen atoms in total. The Morgan fingerprint density at radius 2 is 1.81 bits per heavy atom. The Balaban J connectivity index is 2.52. The highest BCUT2D eigenvalue weighted by Crippen LogP contribution is 2.28. The Hall–Kier alpha value is -0.730. The van der Waals surface area contributed by atoms with Gasteiger partial charge in [0.1, 0.15) is 5.60 Å². The molecule has 0 aromatic carbocycles. The first kappa shape index (κ1) is 18.3. The Morgan fingerprint density at radius 1 is 1.14 bits per heavy atom. The van der Waals surface area contributed by atoms with Gasteiger partial charge < -0.3 is 9.64 Å². The van der Waals surface area contributed by atoms with Gasteiger partial charge in [0.2, 0.25) is 0 Å². The van der Waals surface area contributed by atoms with E-state index in [2.05, 4.69) is 13.8 Å². The predicted octanol–water partition coefficient (Wildman–Crippen LogP) is 5.53. The molecule has 0 saturated carbocycles. The molecule has 0 spiro atoms. The quantitative estimate of drug-likeness (QED) is 0.604. The third kappa shape index (κ3) is 6.71. The van der Waals surface area contributed by atoms with E-state index >= 15 is 0 Å². The van der Waals surface area contributed by atoms with Crippen molar-refractivity contribution in [1.29, 1.82) is 0 Å². The minimum atomic E-state index is -0.403. The number of likely N-dealkylation sites (tertiary alicyclic amines) is 1. The van der Waals surface area contributed by atoms with Crippen LogP contribution in [0.15, 0.2) is 0 Å². The summed E-state index contributed by atoms with van der Waals surface area (Å²) in [5.74, 6) is 0. The van der Waals surface area contributed by atoms with E-state index in [1.54, 1.807) is 0 Å². The van der Waals surface area contributed by atoms with Crippen molar-refractivity contribution in [3.05, 3.63) is 0 Å². The van der Waals surface area contributed by atoms with Crippen LogP contribution in [-0.4, -0.2) is 28.7 Å². The van der Waals surface area contributed by atoms with Gasteiger partial charge in [0.25, 0.3) is 0 Å². The molecule has 2 atom stereocenters. The van der Waals surface area contributed by atoms with Crippen molar-refractivity contribution in [2.45, 2.75) is 110 Å². The maximum Gasteiger partial charge on any atom is 0.410 e. The molecule has 0 radical (unpaired) electrons. The van der Waals surface area contributed by atoms with Crippen molar-refractivity contribution in [2.75, 3.05) is 0 Å². The van der Waals surface area contributed by atoms with Crippen LogP contribution < -0.4 is 0 Å². The highest BCUT2D eigenvalue weighted by Gasteiger charge is 2.34. The monoisotopic (exact) mass is 297 g/mol. The number of hydrogen-bond acceptors (Lipinski definition) is 2. The summed E-state index contributed by atoms with van der Waals surface area (Å²) in [7, 11) is 0. The normalized spacial score (nSPS) is 23.2. The molecule has 1 fully saturated rings. The Labute approximate surface area is 131 Å². The van der Waals surface area contributed by atoms with E-state index in [0.29, 0.717) is 12.1 Å². The molecular weight excluding hydrogens is 262 g/mol. The summed E-state index contributed by atoms with van der Waals surface area (Å²) in [5.41, 5.74) is -0.403. The largest absolute Gasteiger partial charge is 0.444 e. The number of amides is 1. The Bertz CT molecular complexity index is 309. The van der Waals surface area contributed by atoms with Crippen LogP contribution in [0.4, 0.5) is 4.79 Å². The number of hydrogen-bond donors (Lipinski definition) is 0. The summed E-state index contributed by atoms with van der Waals surface area (Å²) in [6.45, 7) is 10.2. The fourth-order valence-corrected chi connectivity index (χ4v) is 3.20. The number of piperidine rings is 1. The summed E-state index contributed by atoms with van der Waals surface area (Å²) in [5, 5.41) is 0. The summed E-state index contributed by atoms with van der Waals surface area (Å²) in [6.07, 6.45) is 11.0. The molecule has 1 aliphatic rings. The molecule has 0 aliphatic carbocycles. The first-order chi connectivity index (χ1) is 9.85. The lowest BCUT2D eigenvalue weighted by molar-refractivity contribution is -0.00430. The molecule has 1 aliphatic heterocycles. The summed E-state index contributed by atoms with van der Waals surface area (Å²) in [4.78, 5) is 14.5. The molecule has 1 heterocycles. The van der Waals surface area contributed by atoms with Gasteiger partial charge in [-0.15, -0.1) is 0 Å². The fourth-order valence-electron chi connectivity index (χ4n) is 3.20. The zero-order valence-electron chi connectivity index (χ0n) is 14.8. The zero-order chi connectivity index (χ0) is 15.9. The highest BCUT2D eigenvalue weighted by molar-refractivity contribution is 5.69. The average molecular weight is 297 g/mol. The lowest BCUT2D eigenvalue weighted by Crippen LogP contribution is -2.50. The van der Waals surface area contributed by atoms with Gasteiger partial charge in [0.05, 0.1) is 0 Å².